The quantitative estimate of drug-likeness (QED) is 0.145. The van der Waals surface area contributed by atoms with Crippen LogP contribution in [0.15, 0.2) is 65.6 Å². The van der Waals surface area contributed by atoms with Gasteiger partial charge < -0.3 is 8.92 Å². The van der Waals surface area contributed by atoms with E-state index < -0.39 is 15.0 Å². The van der Waals surface area contributed by atoms with Gasteiger partial charge in [-0.2, -0.15) is 13.7 Å². The molecule has 0 spiro atoms. The Balaban J connectivity index is 1.97. The molecule has 168 valence electrons. The largest absolute Gasteiger partial charge is 0.493 e. The predicted octanol–water partition coefficient (Wildman–Crippen LogP) is 5.40. The van der Waals surface area contributed by atoms with E-state index in [2.05, 4.69) is 0 Å². The van der Waals surface area contributed by atoms with Gasteiger partial charge in [0.05, 0.1) is 28.7 Å². The van der Waals surface area contributed by atoms with E-state index in [-0.39, 0.29) is 32.7 Å². The SMILES string of the molecule is COc1cc(/C=C(\C#N)c2ccc([N+](=O)[O-])cc2)cc(Cl)c1OS(=O)(=O)c1ccc(C)cc1. The molecular weight excluding hydrogens is 468 g/mol. The van der Waals surface area contributed by atoms with Gasteiger partial charge in [0.2, 0.25) is 5.75 Å². The zero-order valence-electron chi connectivity index (χ0n) is 17.5. The molecule has 3 aromatic carbocycles. The standard InChI is InChI=1S/C23H17ClN2O6S/c1-15-3-9-20(10-4-15)33(29,30)32-23-21(24)12-16(13-22(23)31-2)11-18(14-25)17-5-7-19(8-6-17)26(27)28/h3-13H,1-2H3/b18-11+. The van der Waals surface area contributed by atoms with Gasteiger partial charge in [-0.3, -0.25) is 10.1 Å². The summed E-state index contributed by atoms with van der Waals surface area (Å²) in [4.78, 5) is 10.3. The Morgan fingerprint density at radius 1 is 1.12 bits per heavy atom. The highest BCUT2D eigenvalue weighted by Crippen LogP contribution is 2.39. The number of ether oxygens (including phenoxy) is 1. The first-order chi connectivity index (χ1) is 15.6. The first-order valence-corrected chi connectivity index (χ1v) is 11.2. The Bertz CT molecular complexity index is 1380. The summed E-state index contributed by atoms with van der Waals surface area (Å²) in [5.41, 5.74) is 1.90. The Hall–Kier alpha value is -3.87. The molecule has 8 nitrogen and oxygen atoms in total. The van der Waals surface area contributed by atoms with Crippen molar-refractivity contribution in [3.63, 3.8) is 0 Å². The third-order valence-electron chi connectivity index (χ3n) is 4.58. The summed E-state index contributed by atoms with van der Waals surface area (Å²) in [5.74, 6) is -0.142. The van der Waals surface area contributed by atoms with Crippen LogP contribution in [-0.2, 0) is 10.1 Å². The molecular formula is C23H17ClN2O6S. The second-order valence-corrected chi connectivity index (χ2v) is 8.81. The van der Waals surface area contributed by atoms with Gasteiger partial charge in [-0.15, -0.1) is 0 Å². The van der Waals surface area contributed by atoms with Crippen LogP contribution in [0.3, 0.4) is 0 Å². The van der Waals surface area contributed by atoms with Crippen molar-refractivity contribution in [3.8, 4) is 17.6 Å². The lowest BCUT2D eigenvalue weighted by Crippen LogP contribution is -2.11. The maximum absolute atomic E-state index is 12.7. The van der Waals surface area contributed by atoms with Gasteiger partial charge >= 0.3 is 10.1 Å². The van der Waals surface area contributed by atoms with Crippen molar-refractivity contribution in [2.24, 2.45) is 0 Å². The molecule has 0 aliphatic heterocycles. The normalized spacial score (nSPS) is 11.5. The number of aryl methyl sites for hydroxylation is 1. The lowest BCUT2D eigenvalue weighted by atomic mass is 10.0. The Morgan fingerprint density at radius 3 is 2.30 bits per heavy atom. The van der Waals surface area contributed by atoms with Crippen LogP contribution >= 0.6 is 11.6 Å². The molecule has 0 heterocycles. The van der Waals surface area contributed by atoms with Crippen LogP contribution in [0.1, 0.15) is 16.7 Å². The van der Waals surface area contributed by atoms with E-state index >= 15 is 0 Å². The summed E-state index contributed by atoms with van der Waals surface area (Å²) in [6, 6.07) is 16.6. The van der Waals surface area contributed by atoms with Gasteiger partial charge in [-0.1, -0.05) is 29.3 Å². The maximum Gasteiger partial charge on any atom is 0.339 e. The summed E-state index contributed by atoms with van der Waals surface area (Å²) in [6.45, 7) is 1.83. The van der Waals surface area contributed by atoms with E-state index in [0.717, 1.165) is 5.56 Å². The summed E-state index contributed by atoms with van der Waals surface area (Å²) in [7, 11) is -2.84. The molecule has 0 aliphatic carbocycles. The predicted molar refractivity (Wildman–Crippen MR) is 124 cm³/mol. The van der Waals surface area contributed by atoms with Gasteiger partial charge in [0, 0.05) is 12.1 Å². The molecule has 0 saturated heterocycles. The number of rotatable bonds is 7. The van der Waals surface area contributed by atoms with Crippen LogP contribution < -0.4 is 8.92 Å². The van der Waals surface area contributed by atoms with Crippen LogP contribution in [0.5, 0.6) is 11.5 Å². The number of benzene rings is 3. The molecule has 0 atom stereocenters. The Labute approximate surface area is 195 Å². The molecule has 3 rings (SSSR count). The highest BCUT2D eigenvalue weighted by molar-refractivity contribution is 7.87. The fourth-order valence-electron chi connectivity index (χ4n) is 2.88. The lowest BCUT2D eigenvalue weighted by Gasteiger charge is -2.13. The summed E-state index contributed by atoms with van der Waals surface area (Å²) in [6.07, 6.45) is 1.49. The molecule has 3 aromatic rings. The number of nitro groups is 1. The van der Waals surface area contributed by atoms with Crippen molar-refractivity contribution in [1.82, 2.24) is 0 Å². The molecule has 33 heavy (non-hydrogen) atoms. The van der Waals surface area contributed by atoms with E-state index in [1.807, 2.05) is 13.0 Å². The summed E-state index contributed by atoms with van der Waals surface area (Å²) < 4.78 is 35.8. The van der Waals surface area contributed by atoms with Crippen molar-refractivity contribution in [1.29, 1.82) is 5.26 Å². The number of nitriles is 1. The average molecular weight is 485 g/mol. The molecule has 0 fully saturated rings. The average Bonchev–Trinajstić information content (AvgIpc) is 2.79. The molecule has 0 aromatic heterocycles. The molecule has 0 bridgehead atoms. The monoisotopic (exact) mass is 484 g/mol. The lowest BCUT2D eigenvalue weighted by molar-refractivity contribution is -0.384. The van der Waals surface area contributed by atoms with Crippen molar-refractivity contribution >= 4 is 39.1 Å². The van der Waals surface area contributed by atoms with E-state index in [1.54, 1.807) is 12.1 Å². The van der Waals surface area contributed by atoms with Crippen LogP contribution in [-0.4, -0.2) is 20.5 Å². The van der Waals surface area contributed by atoms with Gasteiger partial charge in [0.25, 0.3) is 5.69 Å². The van der Waals surface area contributed by atoms with Gasteiger partial charge in [-0.25, -0.2) is 0 Å². The molecule has 0 N–H and O–H groups in total. The Morgan fingerprint density at radius 2 is 1.76 bits per heavy atom. The zero-order valence-corrected chi connectivity index (χ0v) is 19.1. The van der Waals surface area contributed by atoms with E-state index in [0.29, 0.717) is 11.1 Å². The smallest absolute Gasteiger partial charge is 0.339 e. The number of allylic oxidation sites excluding steroid dienone is 1. The molecule has 0 unspecified atom stereocenters. The molecule has 0 amide bonds. The number of hydrogen-bond acceptors (Lipinski definition) is 7. The van der Waals surface area contributed by atoms with E-state index in [1.165, 1.54) is 61.7 Å². The van der Waals surface area contributed by atoms with Crippen molar-refractivity contribution in [2.75, 3.05) is 7.11 Å². The number of hydrogen-bond donors (Lipinski definition) is 0. The highest BCUT2D eigenvalue weighted by atomic mass is 35.5. The van der Waals surface area contributed by atoms with Gasteiger partial charge in [0.15, 0.2) is 5.75 Å². The van der Waals surface area contributed by atoms with Crippen molar-refractivity contribution in [3.05, 3.63) is 92.5 Å². The second kappa shape index (κ2) is 9.73. The van der Waals surface area contributed by atoms with E-state index in [9.17, 15) is 23.8 Å². The minimum absolute atomic E-state index is 0.0415. The Kier molecular flexibility index (Phi) is 7.01. The number of non-ortho nitro benzene ring substituents is 1. The highest BCUT2D eigenvalue weighted by Gasteiger charge is 2.22. The zero-order chi connectivity index (χ0) is 24.2. The summed E-state index contributed by atoms with van der Waals surface area (Å²) >= 11 is 6.30. The van der Waals surface area contributed by atoms with Crippen LogP contribution in [0.25, 0.3) is 11.6 Å². The van der Waals surface area contributed by atoms with Crippen LogP contribution in [0, 0.1) is 28.4 Å². The van der Waals surface area contributed by atoms with Gasteiger partial charge in [-0.05, 0) is 60.5 Å². The minimum Gasteiger partial charge on any atom is -0.493 e. The molecule has 0 aliphatic rings. The van der Waals surface area contributed by atoms with Crippen LogP contribution in [0.2, 0.25) is 5.02 Å². The number of nitrogens with zero attached hydrogens (tertiary/aromatic N) is 2. The first kappa shape index (κ1) is 23.8. The number of methoxy groups -OCH3 is 1. The number of nitro benzene ring substituents is 1. The fourth-order valence-corrected chi connectivity index (χ4v) is 4.14. The third kappa shape index (κ3) is 5.49. The first-order valence-electron chi connectivity index (χ1n) is 9.40. The van der Waals surface area contributed by atoms with Crippen molar-refractivity contribution in [2.45, 2.75) is 11.8 Å². The molecule has 0 saturated carbocycles. The van der Waals surface area contributed by atoms with Gasteiger partial charge in [0.1, 0.15) is 4.90 Å². The van der Waals surface area contributed by atoms with Crippen molar-refractivity contribution < 1.29 is 22.3 Å². The van der Waals surface area contributed by atoms with E-state index in [4.69, 9.17) is 20.5 Å². The minimum atomic E-state index is -4.17. The molecule has 10 heteroatoms. The third-order valence-corrected chi connectivity index (χ3v) is 6.09. The molecule has 0 radical (unpaired) electrons. The van der Waals surface area contributed by atoms with Crippen LogP contribution in [0.4, 0.5) is 5.69 Å². The summed E-state index contributed by atoms with van der Waals surface area (Å²) in [5, 5.41) is 20.3. The number of halogens is 1. The fraction of sp³-hybridized carbons (Fsp3) is 0.0870. The second-order valence-electron chi connectivity index (χ2n) is 6.86. The maximum atomic E-state index is 12.7. The topological polar surface area (TPSA) is 120 Å².